The van der Waals surface area contributed by atoms with Crippen LogP contribution in [-0.2, 0) is 0 Å². The van der Waals surface area contributed by atoms with Crippen LogP contribution in [0.15, 0.2) is 102 Å². The number of benzene rings is 4. The molecule has 0 amide bonds. The summed E-state index contributed by atoms with van der Waals surface area (Å²) in [5.74, 6) is 0. The number of pyridine rings is 2. The van der Waals surface area contributed by atoms with Crippen molar-refractivity contribution in [3.05, 3.63) is 108 Å². The van der Waals surface area contributed by atoms with E-state index in [1.165, 1.54) is 21.9 Å². The van der Waals surface area contributed by atoms with Crippen molar-refractivity contribution in [1.29, 1.82) is 0 Å². The summed E-state index contributed by atoms with van der Waals surface area (Å²) in [6.45, 7) is 4.14. The Labute approximate surface area is 202 Å². The molecule has 3 nitrogen and oxygen atoms in total. The zero-order chi connectivity index (χ0) is 23.5. The molecular weight excluding hydrogens is 428 g/mol. The molecule has 35 heavy (non-hydrogen) atoms. The van der Waals surface area contributed by atoms with Crippen LogP contribution in [0.2, 0.25) is 0 Å². The lowest BCUT2D eigenvalue weighted by molar-refractivity contribution is 0.672. The first-order chi connectivity index (χ1) is 17.1. The smallest absolute Gasteiger partial charge is 0.161 e. The molecule has 0 bridgehead atoms. The van der Waals surface area contributed by atoms with Gasteiger partial charge >= 0.3 is 0 Å². The van der Waals surface area contributed by atoms with Crippen LogP contribution in [0.4, 0.5) is 0 Å². The molecule has 0 aliphatic carbocycles. The third-order valence-corrected chi connectivity index (χ3v) is 6.83. The van der Waals surface area contributed by atoms with Gasteiger partial charge in [-0.2, -0.15) is 0 Å². The summed E-state index contributed by atoms with van der Waals surface area (Å²) >= 11 is 0. The van der Waals surface area contributed by atoms with Gasteiger partial charge in [0.15, 0.2) is 5.58 Å². The lowest BCUT2D eigenvalue weighted by Gasteiger charge is -2.08. The lowest BCUT2D eigenvalue weighted by Crippen LogP contribution is -1.86. The number of hydrogen-bond acceptors (Lipinski definition) is 3. The minimum absolute atomic E-state index is 0.828. The Kier molecular flexibility index (Phi) is 4.27. The first-order valence-electron chi connectivity index (χ1n) is 11.8. The molecule has 0 N–H and O–H groups in total. The topological polar surface area (TPSA) is 38.9 Å². The van der Waals surface area contributed by atoms with Crippen molar-refractivity contribution in [2.45, 2.75) is 13.8 Å². The summed E-state index contributed by atoms with van der Waals surface area (Å²) in [6.07, 6.45) is 1.88. The Balaban J connectivity index is 1.42. The van der Waals surface area contributed by atoms with E-state index in [0.717, 1.165) is 55.4 Å². The molecule has 0 saturated carbocycles. The van der Waals surface area contributed by atoms with Crippen molar-refractivity contribution in [1.82, 2.24) is 9.97 Å². The van der Waals surface area contributed by atoms with Gasteiger partial charge in [0.25, 0.3) is 0 Å². The quantitative estimate of drug-likeness (QED) is 0.265. The second kappa shape index (κ2) is 7.51. The number of furan rings is 1. The molecule has 0 radical (unpaired) electrons. The zero-order valence-electron chi connectivity index (χ0n) is 19.5. The molecule has 166 valence electrons. The van der Waals surface area contributed by atoms with Crippen molar-refractivity contribution < 1.29 is 4.42 Å². The van der Waals surface area contributed by atoms with Gasteiger partial charge in [0, 0.05) is 33.6 Å². The van der Waals surface area contributed by atoms with Gasteiger partial charge in [0.05, 0.1) is 5.69 Å². The van der Waals surface area contributed by atoms with Crippen molar-refractivity contribution in [3.8, 4) is 22.4 Å². The van der Waals surface area contributed by atoms with Crippen LogP contribution < -0.4 is 0 Å². The standard InChI is InChI=1S/C32H22N2O/c1-19-6-8-21-10-11-23(17-25(21)16-19)24-14-15-33-29(18-24)28-5-3-4-26-27-13-12-22-9-7-20(2)34-30(22)32(27)35-31(26)28/h3-18H,1-2H3. The van der Waals surface area contributed by atoms with Crippen LogP contribution in [0, 0.1) is 13.8 Å². The van der Waals surface area contributed by atoms with E-state index in [1.807, 2.05) is 19.2 Å². The highest BCUT2D eigenvalue weighted by molar-refractivity contribution is 6.16. The summed E-state index contributed by atoms with van der Waals surface area (Å²) in [4.78, 5) is 9.51. The van der Waals surface area contributed by atoms with Crippen LogP contribution in [-0.4, -0.2) is 9.97 Å². The van der Waals surface area contributed by atoms with Gasteiger partial charge in [0.1, 0.15) is 11.1 Å². The molecule has 0 unspecified atom stereocenters. The second-order valence-electron chi connectivity index (χ2n) is 9.25. The molecule has 3 aromatic heterocycles. The Morgan fingerprint density at radius 2 is 1.43 bits per heavy atom. The largest absolute Gasteiger partial charge is 0.453 e. The number of nitrogens with zero attached hydrogens (tertiary/aromatic N) is 2. The molecule has 0 aliphatic heterocycles. The first kappa shape index (κ1) is 19.9. The van der Waals surface area contributed by atoms with Gasteiger partial charge in [-0.1, -0.05) is 60.2 Å². The van der Waals surface area contributed by atoms with E-state index in [4.69, 9.17) is 14.4 Å². The van der Waals surface area contributed by atoms with E-state index in [1.54, 1.807) is 0 Å². The third kappa shape index (κ3) is 3.20. The predicted molar refractivity (Wildman–Crippen MR) is 145 cm³/mol. The maximum atomic E-state index is 6.52. The number of fused-ring (bicyclic) bond motifs is 6. The van der Waals surface area contributed by atoms with Gasteiger partial charge in [-0.15, -0.1) is 0 Å². The van der Waals surface area contributed by atoms with E-state index in [0.29, 0.717) is 0 Å². The number of aryl methyl sites for hydroxylation is 2. The van der Waals surface area contributed by atoms with Gasteiger partial charge in [-0.3, -0.25) is 4.98 Å². The number of rotatable bonds is 2. The Morgan fingerprint density at radius 1 is 0.629 bits per heavy atom. The van der Waals surface area contributed by atoms with Crippen molar-refractivity contribution in [2.75, 3.05) is 0 Å². The average Bonchev–Trinajstić information content (AvgIpc) is 3.28. The molecular formula is C32H22N2O. The van der Waals surface area contributed by atoms with E-state index in [2.05, 4.69) is 91.9 Å². The minimum atomic E-state index is 0.828. The molecule has 0 aliphatic rings. The highest BCUT2D eigenvalue weighted by Crippen LogP contribution is 2.38. The van der Waals surface area contributed by atoms with Crippen LogP contribution in [0.1, 0.15) is 11.3 Å². The predicted octanol–water partition coefficient (Wildman–Crippen LogP) is 8.63. The fraction of sp³-hybridized carbons (Fsp3) is 0.0625. The van der Waals surface area contributed by atoms with Crippen LogP contribution >= 0.6 is 0 Å². The highest BCUT2D eigenvalue weighted by atomic mass is 16.3. The van der Waals surface area contributed by atoms with E-state index >= 15 is 0 Å². The highest BCUT2D eigenvalue weighted by Gasteiger charge is 2.16. The Morgan fingerprint density at radius 3 is 2.37 bits per heavy atom. The summed E-state index contributed by atoms with van der Waals surface area (Å²) in [7, 11) is 0. The average molecular weight is 451 g/mol. The molecule has 3 heterocycles. The van der Waals surface area contributed by atoms with Gasteiger partial charge < -0.3 is 4.42 Å². The van der Waals surface area contributed by atoms with E-state index in [-0.39, 0.29) is 0 Å². The molecule has 4 aromatic carbocycles. The van der Waals surface area contributed by atoms with Crippen LogP contribution in [0.25, 0.3) is 66.0 Å². The maximum absolute atomic E-state index is 6.52. The van der Waals surface area contributed by atoms with Gasteiger partial charge in [-0.05, 0) is 72.1 Å². The SMILES string of the molecule is Cc1ccc2ccc(-c3ccnc(-c4cccc5c4oc4c5ccc5ccc(C)nc54)c3)cc2c1. The lowest BCUT2D eigenvalue weighted by atomic mass is 9.99. The summed E-state index contributed by atoms with van der Waals surface area (Å²) in [5.41, 5.74) is 9.00. The van der Waals surface area contributed by atoms with Crippen LogP contribution in [0.3, 0.4) is 0 Å². The van der Waals surface area contributed by atoms with Gasteiger partial charge in [0.2, 0.25) is 0 Å². The number of aromatic nitrogens is 2. The molecule has 0 spiro atoms. The molecule has 7 aromatic rings. The van der Waals surface area contributed by atoms with E-state index in [9.17, 15) is 0 Å². The summed E-state index contributed by atoms with van der Waals surface area (Å²) in [6, 6.07) is 32.1. The molecule has 0 saturated heterocycles. The Hall–Kier alpha value is -4.50. The fourth-order valence-electron chi connectivity index (χ4n) is 5.04. The van der Waals surface area contributed by atoms with Crippen LogP contribution in [0.5, 0.6) is 0 Å². The fourth-order valence-corrected chi connectivity index (χ4v) is 5.04. The summed E-state index contributed by atoms with van der Waals surface area (Å²) < 4.78 is 6.52. The number of para-hydroxylation sites is 1. The Bertz CT molecular complexity index is 1930. The summed E-state index contributed by atoms with van der Waals surface area (Å²) in [5, 5.41) is 5.73. The van der Waals surface area contributed by atoms with E-state index < -0.39 is 0 Å². The molecule has 7 rings (SSSR count). The van der Waals surface area contributed by atoms with Gasteiger partial charge in [-0.25, -0.2) is 4.98 Å². The molecule has 0 fully saturated rings. The number of hydrogen-bond donors (Lipinski definition) is 0. The van der Waals surface area contributed by atoms with Crippen molar-refractivity contribution in [3.63, 3.8) is 0 Å². The second-order valence-corrected chi connectivity index (χ2v) is 9.25. The third-order valence-electron chi connectivity index (χ3n) is 6.83. The maximum Gasteiger partial charge on any atom is 0.161 e. The van der Waals surface area contributed by atoms with Crippen molar-refractivity contribution >= 4 is 43.6 Å². The normalized spacial score (nSPS) is 11.7. The zero-order valence-corrected chi connectivity index (χ0v) is 19.5. The minimum Gasteiger partial charge on any atom is -0.453 e. The first-order valence-corrected chi connectivity index (χ1v) is 11.8. The molecule has 0 atom stereocenters. The monoisotopic (exact) mass is 450 g/mol. The van der Waals surface area contributed by atoms with Crippen molar-refractivity contribution in [2.24, 2.45) is 0 Å². The molecule has 3 heteroatoms.